The van der Waals surface area contributed by atoms with E-state index in [1.807, 2.05) is 25.3 Å². The van der Waals surface area contributed by atoms with Crippen LogP contribution in [0.25, 0.3) is 0 Å². The molecule has 0 atom stereocenters. The van der Waals surface area contributed by atoms with Crippen LogP contribution in [-0.2, 0) is 13.0 Å². The van der Waals surface area contributed by atoms with Gasteiger partial charge in [0.1, 0.15) is 0 Å². The van der Waals surface area contributed by atoms with E-state index in [0.29, 0.717) is 6.54 Å². The monoisotopic (exact) mass is 312 g/mol. The fourth-order valence-corrected chi connectivity index (χ4v) is 2.72. The van der Waals surface area contributed by atoms with Crippen molar-refractivity contribution >= 4 is 27.3 Å². The molecule has 0 aliphatic heterocycles. The van der Waals surface area contributed by atoms with Crippen LogP contribution < -0.4 is 5.69 Å². The molecule has 2 aromatic rings. The minimum absolute atomic E-state index is 0.167. The summed E-state index contributed by atoms with van der Waals surface area (Å²) < 4.78 is 2.64. The smallest absolute Gasteiger partial charge is 0.295 e. The molecule has 0 saturated heterocycles. The molecular weight excluding hydrogens is 300 g/mol. The third kappa shape index (κ3) is 2.66. The molecule has 0 radical (unpaired) electrons. The van der Waals surface area contributed by atoms with Crippen LogP contribution in [0.5, 0.6) is 0 Å². The summed E-state index contributed by atoms with van der Waals surface area (Å²) >= 11 is 5.18. The first-order valence-electron chi connectivity index (χ1n) is 5.35. The number of rotatable bonds is 3. The van der Waals surface area contributed by atoms with E-state index in [4.69, 9.17) is 0 Å². The SMILES string of the molecule is Cc1nc(=O)n(CCc2cccs2)c(C)c1Br. The Morgan fingerprint density at radius 3 is 2.88 bits per heavy atom. The Morgan fingerprint density at radius 2 is 2.24 bits per heavy atom. The minimum Gasteiger partial charge on any atom is -0.295 e. The highest BCUT2D eigenvalue weighted by atomic mass is 79.9. The summed E-state index contributed by atoms with van der Waals surface area (Å²) in [5, 5.41) is 2.05. The molecule has 2 aromatic heterocycles. The lowest BCUT2D eigenvalue weighted by molar-refractivity contribution is 0.625. The predicted molar refractivity (Wildman–Crippen MR) is 73.7 cm³/mol. The van der Waals surface area contributed by atoms with E-state index in [1.165, 1.54) is 4.88 Å². The Bertz CT molecular complexity index is 575. The van der Waals surface area contributed by atoms with Gasteiger partial charge in [0.05, 0.1) is 10.2 Å². The number of hydrogen-bond acceptors (Lipinski definition) is 3. The van der Waals surface area contributed by atoms with Gasteiger partial charge in [0.25, 0.3) is 0 Å². The van der Waals surface area contributed by atoms with E-state index in [-0.39, 0.29) is 5.69 Å². The van der Waals surface area contributed by atoms with Crippen LogP contribution in [0.15, 0.2) is 26.8 Å². The summed E-state index contributed by atoms with van der Waals surface area (Å²) in [5.41, 5.74) is 1.53. The highest BCUT2D eigenvalue weighted by Gasteiger charge is 2.09. The van der Waals surface area contributed by atoms with Crippen molar-refractivity contribution in [2.75, 3.05) is 0 Å². The second kappa shape index (κ2) is 5.14. The lowest BCUT2D eigenvalue weighted by atomic mass is 10.3. The number of aryl methyl sites for hydroxylation is 2. The molecule has 0 aliphatic rings. The van der Waals surface area contributed by atoms with Gasteiger partial charge >= 0.3 is 5.69 Å². The summed E-state index contributed by atoms with van der Waals surface area (Å²) in [5.74, 6) is 0. The molecule has 0 N–H and O–H groups in total. The second-order valence-electron chi connectivity index (χ2n) is 3.86. The van der Waals surface area contributed by atoms with Crippen molar-refractivity contribution in [2.45, 2.75) is 26.8 Å². The first-order chi connectivity index (χ1) is 8.09. The Balaban J connectivity index is 2.27. The summed E-state index contributed by atoms with van der Waals surface area (Å²) in [4.78, 5) is 17.1. The van der Waals surface area contributed by atoms with Crippen LogP contribution in [0.1, 0.15) is 16.3 Å². The van der Waals surface area contributed by atoms with Crippen LogP contribution in [0.2, 0.25) is 0 Å². The van der Waals surface area contributed by atoms with Gasteiger partial charge in [-0.2, -0.15) is 4.98 Å². The summed E-state index contributed by atoms with van der Waals surface area (Å²) in [6.07, 6.45) is 0.871. The summed E-state index contributed by atoms with van der Waals surface area (Å²) in [6, 6.07) is 4.11. The van der Waals surface area contributed by atoms with Gasteiger partial charge in [0.2, 0.25) is 0 Å². The van der Waals surface area contributed by atoms with Crippen LogP contribution in [-0.4, -0.2) is 9.55 Å². The molecule has 0 aromatic carbocycles. The maximum atomic E-state index is 11.8. The Kier molecular flexibility index (Phi) is 3.79. The zero-order valence-corrected chi connectivity index (χ0v) is 12.1. The van der Waals surface area contributed by atoms with Gasteiger partial charge < -0.3 is 0 Å². The third-order valence-corrected chi connectivity index (χ3v) is 4.78. The molecule has 0 unspecified atom stereocenters. The largest absolute Gasteiger partial charge is 0.348 e. The van der Waals surface area contributed by atoms with Crippen molar-refractivity contribution < 1.29 is 0 Å². The molecule has 3 nitrogen and oxygen atoms in total. The van der Waals surface area contributed by atoms with Gasteiger partial charge in [-0.25, -0.2) is 4.79 Å². The molecule has 2 heterocycles. The average Bonchev–Trinajstić information content (AvgIpc) is 2.79. The van der Waals surface area contributed by atoms with Gasteiger partial charge in [-0.3, -0.25) is 4.57 Å². The first kappa shape index (κ1) is 12.5. The van der Waals surface area contributed by atoms with E-state index in [9.17, 15) is 4.79 Å². The normalized spacial score (nSPS) is 10.8. The van der Waals surface area contributed by atoms with E-state index in [1.54, 1.807) is 15.9 Å². The topological polar surface area (TPSA) is 34.9 Å². The number of nitrogens with zero attached hydrogens (tertiary/aromatic N) is 2. The number of hydrogen-bond donors (Lipinski definition) is 0. The predicted octanol–water partition coefficient (Wildman–Crippen LogP) is 2.93. The van der Waals surface area contributed by atoms with Gasteiger partial charge in [0.15, 0.2) is 0 Å². The molecule has 0 saturated carbocycles. The minimum atomic E-state index is -0.167. The molecular formula is C12H13BrN2OS. The van der Waals surface area contributed by atoms with E-state index >= 15 is 0 Å². The van der Waals surface area contributed by atoms with Crippen LogP contribution in [0, 0.1) is 13.8 Å². The fourth-order valence-electron chi connectivity index (χ4n) is 1.72. The van der Waals surface area contributed by atoms with Crippen molar-refractivity contribution in [3.05, 3.63) is 48.7 Å². The zero-order chi connectivity index (χ0) is 12.4. The summed E-state index contributed by atoms with van der Waals surface area (Å²) in [7, 11) is 0. The molecule has 2 rings (SSSR count). The molecule has 0 fully saturated rings. The van der Waals surface area contributed by atoms with Gasteiger partial charge in [0, 0.05) is 17.1 Å². The second-order valence-corrected chi connectivity index (χ2v) is 5.69. The maximum absolute atomic E-state index is 11.8. The van der Waals surface area contributed by atoms with Crippen molar-refractivity contribution in [2.24, 2.45) is 0 Å². The Morgan fingerprint density at radius 1 is 1.47 bits per heavy atom. The van der Waals surface area contributed by atoms with E-state index < -0.39 is 0 Å². The quantitative estimate of drug-likeness (QED) is 0.873. The van der Waals surface area contributed by atoms with Crippen LogP contribution >= 0.6 is 27.3 Å². The van der Waals surface area contributed by atoms with Gasteiger partial charge in [-0.15, -0.1) is 11.3 Å². The van der Waals surface area contributed by atoms with Crippen molar-refractivity contribution in [1.82, 2.24) is 9.55 Å². The molecule has 0 spiro atoms. The lowest BCUT2D eigenvalue weighted by Crippen LogP contribution is -2.27. The van der Waals surface area contributed by atoms with Gasteiger partial charge in [-0.1, -0.05) is 6.07 Å². The fraction of sp³-hybridized carbons (Fsp3) is 0.333. The summed E-state index contributed by atoms with van der Waals surface area (Å²) in [6.45, 7) is 4.45. The number of halogens is 1. The molecule has 17 heavy (non-hydrogen) atoms. The highest BCUT2D eigenvalue weighted by Crippen LogP contribution is 2.17. The zero-order valence-electron chi connectivity index (χ0n) is 9.74. The molecule has 0 bridgehead atoms. The molecule has 5 heteroatoms. The first-order valence-corrected chi connectivity index (χ1v) is 7.03. The molecule has 0 aliphatic carbocycles. The lowest BCUT2D eigenvalue weighted by Gasteiger charge is -2.11. The van der Waals surface area contributed by atoms with E-state index in [2.05, 4.69) is 27.0 Å². The molecule has 90 valence electrons. The van der Waals surface area contributed by atoms with Crippen molar-refractivity contribution in [3.8, 4) is 0 Å². The van der Waals surface area contributed by atoms with Crippen molar-refractivity contribution in [3.63, 3.8) is 0 Å². The third-order valence-electron chi connectivity index (χ3n) is 2.70. The Hall–Kier alpha value is -0.940. The number of aromatic nitrogens is 2. The average molecular weight is 313 g/mol. The number of thiophene rings is 1. The van der Waals surface area contributed by atoms with Crippen LogP contribution in [0.4, 0.5) is 0 Å². The Labute approximate surface area is 112 Å². The molecule has 0 amide bonds. The van der Waals surface area contributed by atoms with Crippen LogP contribution in [0.3, 0.4) is 0 Å². The standard InChI is InChI=1S/C12H13BrN2OS/c1-8-11(13)9(2)15(12(16)14-8)6-5-10-4-3-7-17-10/h3-4,7H,5-6H2,1-2H3. The van der Waals surface area contributed by atoms with Gasteiger partial charge in [-0.05, 0) is 47.6 Å². The van der Waals surface area contributed by atoms with E-state index in [0.717, 1.165) is 22.3 Å². The maximum Gasteiger partial charge on any atom is 0.348 e. The highest BCUT2D eigenvalue weighted by molar-refractivity contribution is 9.10. The van der Waals surface area contributed by atoms with Crippen molar-refractivity contribution in [1.29, 1.82) is 0 Å².